The van der Waals surface area contributed by atoms with Gasteiger partial charge in [0.25, 0.3) is 0 Å². The molecule has 0 saturated carbocycles. The molecule has 0 fully saturated rings. The first kappa shape index (κ1) is 26.2. The van der Waals surface area contributed by atoms with Crippen LogP contribution < -0.4 is 0 Å². The van der Waals surface area contributed by atoms with Crippen molar-refractivity contribution in [3.63, 3.8) is 0 Å². The number of fused-ring (bicyclic) bond motifs is 5. The molecule has 216 valence electrons. The molecule has 3 heterocycles. The van der Waals surface area contributed by atoms with Crippen LogP contribution >= 0.6 is 0 Å². The van der Waals surface area contributed by atoms with Crippen molar-refractivity contribution in [2.45, 2.75) is 0 Å². The lowest BCUT2D eigenvalue weighted by Crippen LogP contribution is -1.96. The van der Waals surface area contributed by atoms with Gasteiger partial charge in [-0.1, -0.05) is 133 Å². The Hall–Kier alpha value is -6.26. The summed E-state index contributed by atoms with van der Waals surface area (Å²) in [6.07, 6.45) is 0. The molecule has 9 rings (SSSR count). The second-order valence-electron chi connectivity index (χ2n) is 11.5. The Bertz CT molecular complexity index is 2430. The van der Waals surface area contributed by atoms with E-state index in [1.54, 1.807) is 0 Å². The number of para-hydroxylation sites is 4. The predicted molar refractivity (Wildman–Crippen MR) is 189 cm³/mol. The number of hydrogen-bond donors (Lipinski definition) is 0. The fourth-order valence-electron chi connectivity index (χ4n) is 6.64. The van der Waals surface area contributed by atoms with E-state index in [0.29, 0.717) is 5.82 Å². The van der Waals surface area contributed by atoms with Gasteiger partial charge in [-0.3, -0.25) is 8.97 Å². The summed E-state index contributed by atoms with van der Waals surface area (Å²) in [5.74, 6) is 0.716. The summed E-state index contributed by atoms with van der Waals surface area (Å²) in [7, 11) is 0. The standard InChI is InChI=1S/C42H28N4/c1-4-14-29(15-5-1)35-28-36(44-41(43-35)32-16-6-2-7-17-32)30-24-26-31(27-25-30)40-34-20-10-11-21-37(34)46-39-23-13-12-22-38(39)45(42(40)46)33-18-8-3-9-19-33/h1-28H. The molecule has 0 unspecified atom stereocenters. The Morgan fingerprint density at radius 2 is 0.891 bits per heavy atom. The maximum absolute atomic E-state index is 5.05. The van der Waals surface area contributed by atoms with Gasteiger partial charge in [-0.15, -0.1) is 0 Å². The van der Waals surface area contributed by atoms with Gasteiger partial charge in [0.15, 0.2) is 5.82 Å². The molecule has 0 bridgehead atoms. The summed E-state index contributed by atoms with van der Waals surface area (Å²) in [5.41, 5.74) is 13.1. The molecule has 0 aliphatic carbocycles. The van der Waals surface area contributed by atoms with Crippen molar-refractivity contribution in [3.05, 3.63) is 170 Å². The summed E-state index contributed by atoms with van der Waals surface area (Å²) in [4.78, 5) is 10.0. The number of nitrogens with zero attached hydrogens (tertiary/aromatic N) is 4. The van der Waals surface area contributed by atoms with Crippen LogP contribution in [-0.2, 0) is 0 Å². The Morgan fingerprint density at radius 3 is 1.57 bits per heavy atom. The SMILES string of the molecule is c1ccc(-c2cc(-c3ccc(-c4c5ccccc5n5c6ccccc6n(-c6ccccc6)c45)cc3)nc(-c3ccccc3)n2)cc1. The van der Waals surface area contributed by atoms with Gasteiger partial charge >= 0.3 is 0 Å². The van der Waals surface area contributed by atoms with Crippen LogP contribution in [0.4, 0.5) is 0 Å². The highest BCUT2D eigenvalue weighted by Crippen LogP contribution is 2.41. The molecule has 0 amide bonds. The molecule has 6 aromatic carbocycles. The molecule has 0 aliphatic rings. The zero-order valence-electron chi connectivity index (χ0n) is 25.0. The van der Waals surface area contributed by atoms with Crippen LogP contribution in [0.2, 0.25) is 0 Å². The highest BCUT2D eigenvalue weighted by atomic mass is 15.1. The van der Waals surface area contributed by atoms with Gasteiger partial charge in [0, 0.05) is 33.3 Å². The lowest BCUT2D eigenvalue weighted by atomic mass is 10.0. The first-order valence-corrected chi connectivity index (χ1v) is 15.5. The molecular weight excluding hydrogens is 560 g/mol. The third kappa shape index (κ3) is 4.23. The zero-order chi connectivity index (χ0) is 30.5. The molecule has 4 heteroatoms. The van der Waals surface area contributed by atoms with Gasteiger partial charge in [-0.05, 0) is 42.0 Å². The van der Waals surface area contributed by atoms with Crippen LogP contribution in [-0.4, -0.2) is 18.9 Å². The van der Waals surface area contributed by atoms with E-state index in [2.05, 4.69) is 142 Å². The van der Waals surface area contributed by atoms with Crippen molar-refractivity contribution in [1.82, 2.24) is 18.9 Å². The lowest BCUT2D eigenvalue weighted by Gasteiger charge is -2.11. The fraction of sp³-hybridized carbons (Fsp3) is 0. The zero-order valence-corrected chi connectivity index (χ0v) is 25.0. The van der Waals surface area contributed by atoms with Crippen molar-refractivity contribution in [2.75, 3.05) is 0 Å². The van der Waals surface area contributed by atoms with Gasteiger partial charge < -0.3 is 0 Å². The quantitative estimate of drug-likeness (QED) is 0.200. The average molecular weight is 589 g/mol. The molecule has 9 aromatic rings. The Morgan fingerprint density at radius 1 is 0.391 bits per heavy atom. The van der Waals surface area contributed by atoms with Crippen molar-refractivity contribution in [2.24, 2.45) is 0 Å². The van der Waals surface area contributed by atoms with Crippen LogP contribution in [0.15, 0.2) is 170 Å². The summed E-state index contributed by atoms with van der Waals surface area (Å²) < 4.78 is 4.80. The highest BCUT2D eigenvalue weighted by Gasteiger charge is 2.22. The van der Waals surface area contributed by atoms with Crippen molar-refractivity contribution < 1.29 is 0 Å². The van der Waals surface area contributed by atoms with Crippen LogP contribution in [0.5, 0.6) is 0 Å². The molecule has 4 nitrogen and oxygen atoms in total. The molecule has 0 N–H and O–H groups in total. The topological polar surface area (TPSA) is 35.1 Å². The Labute approximate surface area is 266 Å². The third-order valence-electron chi connectivity index (χ3n) is 8.74. The van der Waals surface area contributed by atoms with Gasteiger partial charge in [-0.25, -0.2) is 9.97 Å². The van der Waals surface area contributed by atoms with Gasteiger partial charge in [0.05, 0.1) is 27.9 Å². The lowest BCUT2D eigenvalue weighted by molar-refractivity contribution is 1.15. The van der Waals surface area contributed by atoms with Crippen LogP contribution in [0.1, 0.15) is 0 Å². The van der Waals surface area contributed by atoms with Crippen LogP contribution in [0.3, 0.4) is 0 Å². The molecule has 46 heavy (non-hydrogen) atoms. The highest BCUT2D eigenvalue weighted by molar-refractivity contribution is 6.09. The monoisotopic (exact) mass is 588 g/mol. The predicted octanol–water partition coefficient (Wildman–Crippen LogP) is 10.5. The van der Waals surface area contributed by atoms with E-state index in [4.69, 9.17) is 9.97 Å². The summed E-state index contributed by atoms with van der Waals surface area (Å²) in [5, 5.41) is 1.22. The van der Waals surface area contributed by atoms with Gasteiger partial charge in [-0.2, -0.15) is 0 Å². The van der Waals surface area contributed by atoms with Gasteiger partial charge in [0.1, 0.15) is 5.65 Å². The van der Waals surface area contributed by atoms with E-state index in [9.17, 15) is 0 Å². The Kier molecular flexibility index (Phi) is 6.10. The summed E-state index contributed by atoms with van der Waals surface area (Å²) >= 11 is 0. The molecular formula is C42H28N4. The first-order valence-electron chi connectivity index (χ1n) is 15.5. The number of rotatable bonds is 5. The minimum absolute atomic E-state index is 0.716. The van der Waals surface area contributed by atoms with E-state index >= 15 is 0 Å². The molecule has 0 aliphatic heterocycles. The Balaban J connectivity index is 1.25. The normalized spacial score (nSPS) is 11.5. The average Bonchev–Trinajstić information content (AvgIpc) is 3.65. The maximum atomic E-state index is 5.05. The first-order chi connectivity index (χ1) is 22.8. The summed E-state index contributed by atoms with van der Waals surface area (Å²) in [6, 6.07) is 59.5. The van der Waals surface area contributed by atoms with E-state index in [-0.39, 0.29) is 0 Å². The maximum Gasteiger partial charge on any atom is 0.160 e. The smallest absolute Gasteiger partial charge is 0.160 e. The number of benzene rings is 6. The second kappa shape index (κ2) is 10.7. The van der Waals surface area contributed by atoms with Crippen molar-refractivity contribution >= 4 is 27.6 Å². The minimum atomic E-state index is 0.716. The van der Waals surface area contributed by atoms with Gasteiger partial charge in [0.2, 0.25) is 0 Å². The van der Waals surface area contributed by atoms with E-state index < -0.39 is 0 Å². The number of aromatic nitrogens is 4. The van der Waals surface area contributed by atoms with Crippen molar-refractivity contribution in [1.29, 1.82) is 0 Å². The molecule has 0 radical (unpaired) electrons. The molecule has 0 atom stereocenters. The molecule has 0 spiro atoms. The fourth-order valence-corrected chi connectivity index (χ4v) is 6.64. The van der Waals surface area contributed by atoms with E-state index in [0.717, 1.165) is 45.0 Å². The van der Waals surface area contributed by atoms with E-state index in [1.165, 1.54) is 27.5 Å². The number of imidazole rings is 1. The molecule has 0 saturated heterocycles. The molecule has 3 aromatic heterocycles. The third-order valence-corrected chi connectivity index (χ3v) is 8.74. The van der Waals surface area contributed by atoms with E-state index in [1.807, 2.05) is 36.4 Å². The van der Waals surface area contributed by atoms with Crippen LogP contribution in [0.25, 0.3) is 78.3 Å². The summed E-state index contributed by atoms with van der Waals surface area (Å²) in [6.45, 7) is 0. The van der Waals surface area contributed by atoms with Crippen molar-refractivity contribution in [3.8, 4) is 50.7 Å². The number of hydrogen-bond acceptors (Lipinski definition) is 2. The largest absolute Gasteiger partial charge is 0.293 e. The minimum Gasteiger partial charge on any atom is -0.293 e. The second-order valence-corrected chi connectivity index (χ2v) is 11.5. The van der Waals surface area contributed by atoms with Crippen LogP contribution in [0, 0.1) is 0 Å².